The van der Waals surface area contributed by atoms with Gasteiger partial charge >= 0.3 is 0 Å². The quantitative estimate of drug-likeness (QED) is 0.684. The van der Waals surface area contributed by atoms with Crippen LogP contribution in [0, 0.1) is 5.92 Å². The summed E-state index contributed by atoms with van der Waals surface area (Å²) in [6.45, 7) is 4.21. The number of amides is 2. The molecule has 144 valence electrons. The van der Waals surface area contributed by atoms with Gasteiger partial charge in [0.2, 0.25) is 5.91 Å². The number of hydrogen-bond acceptors (Lipinski definition) is 4. The molecule has 0 spiro atoms. The summed E-state index contributed by atoms with van der Waals surface area (Å²) < 4.78 is 5.54. The Labute approximate surface area is 162 Å². The van der Waals surface area contributed by atoms with Gasteiger partial charge in [-0.2, -0.15) is 0 Å². The molecular weight excluding hydrogens is 356 g/mol. The Kier molecular flexibility index (Phi) is 5.89. The van der Waals surface area contributed by atoms with E-state index < -0.39 is 5.91 Å². The van der Waals surface area contributed by atoms with Crippen LogP contribution in [0.2, 0.25) is 0 Å². The number of carbonyl (C=O) groups is 2. The third-order valence-electron chi connectivity index (χ3n) is 4.12. The van der Waals surface area contributed by atoms with Gasteiger partial charge in [-0.15, -0.1) is 0 Å². The van der Waals surface area contributed by atoms with Crippen LogP contribution in [0.5, 0.6) is 0 Å². The van der Waals surface area contributed by atoms with Gasteiger partial charge in [-0.25, -0.2) is 0 Å². The zero-order valence-electron chi connectivity index (χ0n) is 15.8. The molecule has 0 bridgehead atoms. The number of para-hydroxylation sites is 1. The van der Waals surface area contributed by atoms with Crippen LogP contribution < -0.4 is 16.1 Å². The molecule has 1 aromatic heterocycles. The van der Waals surface area contributed by atoms with Crippen LogP contribution in [-0.2, 0) is 11.3 Å². The lowest BCUT2D eigenvalue weighted by Gasteiger charge is -2.10. The molecule has 1 heterocycles. The SMILES string of the molecule is CC(C)CC(=O)Nc1cccc(CNC(=O)c2cc(=O)c3ccccc3o2)c1. The fourth-order valence-corrected chi connectivity index (χ4v) is 2.83. The molecule has 28 heavy (non-hydrogen) atoms. The van der Waals surface area contributed by atoms with Gasteiger partial charge in [-0.3, -0.25) is 14.4 Å². The third kappa shape index (κ3) is 4.85. The number of rotatable bonds is 6. The second-order valence-electron chi connectivity index (χ2n) is 7.00. The topological polar surface area (TPSA) is 88.4 Å². The van der Waals surface area contributed by atoms with E-state index in [1.807, 2.05) is 26.0 Å². The summed E-state index contributed by atoms with van der Waals surface area (Å²) in [6.07, 6.45) is 0.446. The monoisotopic (exact) mass is 378 g/mol. The predicted molar refractivity (Wildman–Crippen MR) is 108 cm³/mol. The summed E-state index contributed by atoms with van der Waals surface area (Å²) in [5, 5.41) is 6.02. The zero-order chi connectivity index (χ0) is 20.1. The van der Waals surface area contributed by atoms with E-state index in [0.29, 0.717) is 23.1 Å². The molecule has 0 aliphatic carbocycles. The van der Waals surface area contributed by atoms with Gasteiger partial charge in [0.25, 0.3) is 5.91 Å². The van der Waals surface area contributed by atoms with Crippen molar-refractivity contribution < 1.29 is 14.0 Å². The van der Waals surface area contributed by atoms with Crippen LogP contribution in [0.4, 0.5) is 5.69 Å². The standard InChI is InChI=1S/C22H22N2O4/c1-14(2)10-21(26)24-16-7-5-6-15(11-16)13-23-22(27)20-12-18(25)17-8-3-4-9-19(17)28-20/h3-9,11-12,14H,10,13H2,1-2H3,(H,23,27)(H,24,26). The van der Waals surface area contributed by atoms with Gasteiger partial charge in [0, 0.05) is 24.7 Å². The maximum Gasteiger partial charge on any atom is 0.287 e. The summed E-state index contributed by atoms with van der Waals surface area (Å²) in [5.74, 6) is -0.282. The Morgan fingerprint density at radius 3 is 2.61 bits per heavy atom. The number of hydrogen-bond donors (Lipinski definition) is 2. The van der Waals surface area contributed by atoms with Gasteiger partial charge in [0.05, 0.1) is 5.39 Å². The van der Waals surface area contributed by atoms with Crippen molar-refractivity contribution in [2.45, 2.75) is 26.8 Å². The van der Waals surface area contributed by atoms with Crippen molar-refractivity contribution in [2.75, 3.05) is 5.32 Å². The lowest BCUT2D eigenvalue weighted by atomic mass is 10.1. The molecular formula is C22H22N2O4. The first-order chi connectivity index (χ1) is 13.4. The molecule has 0 radical (unpaired) electrons. The van der Waals surface area contributed by atoms with Crippen LogP contribution >= 0.6 is 0 Å². The molecule has 0 unspecified atom stereocenters. The lowest BCUT2D eigenvalue weighted by Crippen LogP contribution is -2.24. The number of benzene rings is 2. The number of anilines is 1. The first-order valence-electron chi connectivity index (χ1n) is 9.12. The largest absolute Gasteiger partial charge is 0.451 e. The highest BCUT2D eigenvalue weighted by molar-refractivity contribution is 5.93. The summed E-state index contributed by atoms with van der Waals surface area (Å²) in [4.78, 5) is 36.4. The minimum atomic E-state index is -0.475. The van der Waals surface area contributed by atoms with Crippen molar-refractivity contribution in [3.05, 3.63) is 76.1 Å². The molecule has 0 atom stereocenters. The van der Waals surface area contributed by atoms with Crippen molar-refractivity contribution in [1.82, 2.24) is 5.32 Å². The molecule has 3 rings (SSSR count). The highest BCUT2D eigenvalue weighted by Crippen LogP contribution is 2.14. The van der Waals surface area contributed by atoms with Crippen LogP contribution in [-0.4, -0.2) is 11.8 Å². The van der Waals surface area contributed by atoms with Crippen molar-refractivity contribution in [2.24, 2.45) is 5.92 Å². The minimum Gasteiger partial charge on any atom is -0.451 e. The van der Waals surface area contributed by atoms with Crippen LogP contribution in [0.25, 0.3) is 11.0 Å². The van der Waals surface area contributed by atoms with E-state index in [9.17, 15) is 14.4 Å². The van der Waals surface area contributed by atoms with Crippen LogP contribution in [0.15, 0.2) is 63.8 Å². The average Bonchev–Trinajstić information content (AvgIpc) is 2.65. The highest BCUT2D eigenvalue weighted by Gasteiger charge is 2.12. The second-order valence-corrected chi connectivity index (χ2v) is 7.00. The highest BCUT2D eigenvalue weighted by atomic mass is 16.3. The molecule has 0 saturated heterocycles. The van der Waals surface area contributed by atoms with E-state index in [4.69, 9.17) is 4.42 Å². The van der Waals surface area contributed by atoms with Gasteiger partial charge in [0.1, 0.15) is 5.58 Å². The maximum absolute atomic E-state index is 12.4. The van der Waals surface area contributed by atoms with E-state index in [1.54, 1.807) is 36.4 Å². The van der Waals surface area contributed by atoms with E-state index in [2.05, 4.69) is 10.6 Å². The average molecular weight is 378 g/mol. The predicted octanol–water partition coefficient (Wildman–Crippen LogP) is 3.71. The van der Waals surface area contributed by atoms with Crippen molar-refractivity contribution >= 4 is 28.5 Å². The Morgan fingerprint density at radius 2 is 1.82 bits per heavy atom. The fraction of sp³-hybridized carbons (Fsp3) is 0.227. The van der Waals surface area contributed by atoms with E-state index in [0.717, 1.165) is 5.56 Å². The van der Waals surface area contributed by atoms with E-state index in [1.165, 1.54) is 6.07 Å². The number of carbonyl (C=O) groups excluding carboxylic acids is 2. The maximum atomic E-state index is 12.4. The molecule has 2 N–H and O–H groups in total. The van der Waals surface area contributed by atoms with Gasteiger partial charge in [-0.1, -0.05) is 38.1 Å². The Hall–Kier alpha value is -3.41. The van der Waals surface area contributed by atoms with E-state index >= 15 is 0 Å². The second kappa shape index (κ2) is 8.52. The normalized spacial score (nSPS) is 10.8. The summed E-state index contributed by atoms with van der Waals surface area (Å²) >= 11 is 0. The fourth-order valence-electron chi connectivity index (χ4n) is 2.83. The summed E-state index contributed by atoms with van der Waals surface area (Å²) in [7, 11) is 0. The molecule has 2 amide bonds. The molecule has 6 heteroatoms. The molecule has 0 aliphatic rings. The molecule has 6 nitrogen and oxygen atoms in total. The molecule has 2 aromatic carbocycles. The van der Waals surface area contributed by atoms with Crippen molar-refractivity contribution in [1.29, 1.82) is 0 Å². The molecule has 0 fully saturated rings. The van der Waals surface area contributed by atoms with E-state index in [-0.39, 0.29) is 29.6 Å². The Bertz CT molecular complexity index is 1070. The molecule has 0 aliphatic heterocycles. The molecule has 0 saturated carbocycles. The first-order valence-corrected chi connectivity index (χ1v) is 9.12. The van der Waals surface area contributed by atoms with Crippen molar-refractivity contribution in [3.8, 4) is 0 Å². The van der Waals surface area contributed by atoms with Gasteiger partial charge in [-0.05, 0) is 35.7 Å². The van der Waals surface area contributed by atoms with Crippen LogP contribution in [0.1, 0.15) is 36.4 Å². The minimum absolute atomic E-state index is 0.0370. The number of fused-ring (bicyclic) bond motifs is 1. The van der Waals surface area contributed by atoms with Gasteiger partial charge in [0.15, 0.2) is 11.2 Å². The third-order valence-corrected chi connectivity index (χ3v) is 4.12. The van der Waals surface area contributed by atoms with Crippen molar-refractivity contribution in [3.63, 3.8) is 0 Å². The lowest BCUT2D eigenvalue weighted by molar-refractivity contribution is -0.116. The number of nitrogens with one attached hydrogen (secondary N) is 2. The Balaban J connectivity index is 1.67. The smallest absolute Gasteiger partial charge is 0.287 e. The summed E-state index contributed by atoms with van der Waals surface area (Å²) in [6, 6.07) is 15.2. The Morgan fingerprint density at radius 1 is 1.04 bits per heavy atom. The first kappa shape index (κ1) is 19.4. The van der Waals surface area contributed by atoms with Crippen LogP contribution in [0.3, 0.4) is 0 Å². The summed E-state index contributed by atoms with van der Waals surface area (Å²) in [5.41, 5.74) is 1.60. The molecule has 3 aromatic rings. The van der Waals surface area contributed by atoms with Gasteiger partial charge < -0.3 is 15.1 Å². The zero-order valence-corrected chi connectivity index (χ0v) is 15.8.